The number of carbonyl (C=O) groups is 1. The van der Waals surface area contributed by atoms with E-state index in [9.17, 15) is 4.79 Å². The number of aromatic carboxylic acids is 1. The third-order valence-corrected chi connectivity index (χ3v) is 3.80. The molecule has 1 aliphatic rings. The van der Waals surface area contributed by atoms with Crippen molar-refractivity contribution in [2.45, 2.75) is 38.0 Å². The Kier molecular flexibility index (Phi) is 2.78. The van der Waals surface area contributed by atoms with Gasteiger partial charge in [0.05, 0.1) is 11.0 Å². The maximum absolute atomic E-state index is 11.0. The van der Waals surface area contributed by atoms with Gasteiger partial charge >= 0.3 is 5.97 Å². The first-order valence-electron chi connectivity index (χ1n) is 6.47. The molecule has 0 saturated heterocycles. The lowest BCUT2D eigenvalue weighted by Crippen LogP contribution is -2.05. The minimum Gasteiger partial charge on any atom is -0.475 e. The van der Waals surface area contributed by atoms with Crippen molar-refractivity contribution in [3.8, 4) is 0 Å². The van der Waals surface area contributed by atoms with Crippen LogP contribution in [0.25, 0.3) is 11.0 Å². The Balaban J connectivity index is 2.07. The molecule has 0 aliphatic heterocycles. The number of aromatic amines is 1. The summed E-state index contributed by atoms with van der Waals surface area (Å²) in [6.45, 7) is 0. The largest absolute Gasteiger partial charge is 0.475 e. The van der Waals surface area contributed by atoms with Crippen molar-refractivity contribution in [2.24, 2.45) is 0 Å². The van der Waals surface area contributed by atoms with E-state index in [1.54, 1.807) is 0 Å². The molecule has 18 heavy (non-hydrogen) atoms. The van der Waals surface area contributed by atoms with Crippen LogP contribution < -0.4 is 0 Å². The number of hydrogen-bond donors (Lipinski definition) is 2. The summed E-state index contributed by atoms with van der Waals surface area (Å²) in [6, 6.07) is 5.94. The molecular formula is C14H16N2O2. The molecule has 1 aliphatic carbocycles. The van der Waals surface area contributed by atoms with Crippen LogP contribution in [0.4, 0.5) is 0 Å². The van der Waals surface area contributed by atoms with Crippen molar-refractivity contribution in [3.05, 3.63) is 29.6 Å². The molecule has 1 aromatic carbocycles. The molecule has 0 bridgehead atoms. The lowest BCUT2D eigenvalue weighted by molar-refractivity contribution is 0.0685. The molecular weight excluding hydrogens is 228 g/mol. The zero-order chi connectivity index (χ0) is 12.5. The number of carboxylic acid groups (broad SMARTS) is 1. The van der Waals surface area contributed by atoms with E-state index >= 15 is 0 Å². The van der Waals surface area contributed by atoms with Gasteiger partial charge in [0.2, 0.25) is 5.82 Å². The first-order chi connectivity index (χ1) is 8.75. The van der Waals surface area contributed by atoms with Gasteiger partial charge in [-0.3, -0.25) is 0 Å². The number of rotatable bonds is 2. The Morgan fingerprint density at radius 2 is 2.06 bits per heavy atom. The Labute approximate surface area is 105 Å². The highest BCUT2D eigenvalue weighted by atomic mass is 16.4. The number of nitrogens with one attached hydrogen (secondary N) is 1. The molecule has 0 unspecified atom stereocenters. The lowest BCUT2D eigenvalue weighted by atomic mass is 9.83. The minimum atomic E-state index is -0.999. The molecule has 0 radical (unpaired) electrons. The van der Waals surface area contributed by atoms with Gasteiger partial charge in [0.25, 0.3) is 0 Å². The van der Waals surface area contributed by atoms with Crippen molar-refractivity contribution < 1.29 is 9.90 Å². The van der Waals surface area contributed by atoms with Gasteiger partial charge in [-0.05, 0) is 30.4 Å². The van der Waals surface area contributed by atoms with Gasteiger partial charge in [-0.2, -0.15) is 0 Å². The predicted molar refractivity (Wildman–Crippen MR) is 68.9 cm³/mol. The van der Waals surface area contributed by atoms with E-state index in [1.165, 1.54) is 37.7 Å². The minimum absolute atomic E-state index is 0.0354. The highest BCUT2D eigenvalue weighted by Gasteiger charge is 2.20. The molecule has 0 amide bonds. The highest BCUT2D eigenvalue weighted by Crippen LogP contribution is 2.35. The molecule has 2 N–H and O–H groups in total. The van der Waals surface area contributed by atoms with Gasteiger partial charge in [0, 0.05) is 0 Å². The molecule has 0 spiro atoms. The van der Waals surface area contributed by atoms with Gasteiger partial charge in [-0.25, -0.2) is 9.78 Å². The Bertz CT molecular complexity index is 582. The van der Waals surface area contributed by atoms with Crippen LogP contribution in [0.1, 0.15) is 54.2 Å². The number of fused-ring (bicyclic) bond motifs is 1. The topological polar surface area (TPSA) is 66.0 Å². The fourth-order valence-electron chi connectivity index (χ4n) is 2.91. The van der Waals surface area contributed by atoms with Gasteiger partial charge in [0.15, 0.2) is 0 Å². The zero-order valence-corrected chi connectivity index (χ0v) is 10.1. The summed E-state index contributed by atoms with van der Waals surface area (Å²) in [5.74, 6) is -0.418. The fraction of sp³-hybridized carbons (Fsp3) is 0.429. The summed E-state index contributed by atoms with van der Waals surface area (Å²) < 4.78 is 0. The van der Waals surface area contributed by atoms with Crippen molar-refractivity contribution in [1.29, 1.82) is 0 Å². The second-order valence-corrected chi connectivity index (χ2v) is 4.97. The summed E-state index contributed by atoms with van der Waals surface area (Å²) in [5.41, 5.74) is 2.89. The lowest BCUT2D eigenvalue weighted by Gasteiger charge is -2.22. The van der Waals surface area contributed by atoms with E-state index in [1.807, 2.05) is 12.1 Å². The van der Waals surface area contributed by atoms with Crippen molar-refractivity contribution >= 4 is 17.0 Å². The number of H-pyrrole nitrogens is 1. The third-order valence-electron chi connectivity index (χ3n) is 3.80. The summed E-state index contributed by atoms with van der Waals surface area (Å²) in [4.78, 5) is 18.0. The van der Waals surface area contributed by atoms with Crippen LogP contribution in [0.3, 0.4) is 0 Å². The highest BCUT2D eigenvalue weighted by molar-refractivity contribution is 5.90. The van der Waals surface area contributed by atoms with E-state index in [-0.39, 0.29) is 5.82 Å². The van der Waals surface area contributed by atoms with Gasteiger partial charge in [0.1, 0.15) is 0 Å². The first kappa shape index (κ1) is 11.3. The normalized spacial score (nSPS) is 17.1. The average Bonchev–Trinajstić information content (AvgIpc) is 2.83. The van der Waals surface area contributed by atoms with Crippen molar-refractivity contribution in [1.82, 2.24) is 9.97 Å². The van der Waals surface area contributed by atoms with E-state index in [4.69, 9.17) is 5.11 Å². The SMILES string of the molecule is O=C(O)c1nc2cccc(C3CCCCC3)c2[nH]1. The monoisotopic (exact) mass is 244 g/mol. The number of benzene rings is 1. The number of aromatic nitrogens is 2. The molecule has 4 heteroatoms. The van der Waals surface area contributed by atoms with Crippen LogP contribution in [0.5, 0.6) is 0 Å². The summed E-state index contributed by atoms with van der Waals surface area (Å²) in [5, 5.41) is 8.99. The molecule has 3 rings (SSSR count). The van der Waals surface area contributed by atoms with E-state index < -0.39 is 5.97 Å². The molecule has 2 aromatic rings. The second-order valence-electron chi connectivity index (χ2n) is 4.97. The molecule has 4 nitrogen and oxygen atoms in total. The average molecular weight is 244 g/mol. The number of nitrogens with zero attached hydrogens (tertiary/aromatic N) is 1. The number of para-hydroxylation sites is 1. The Hall–Kier alpha value is -1.84. The van der Waals surface area contributed by atoms with Crippen molar-refractivity contribution in [3.63, 3.8) is 0 Å². The number of imidazole rings is 1. The molecule has 1 saturated carbocycles. The van der Waals surface area contributed by atoms with Crippen LogP contribution in [-0.4, -0.2) is 21.0 Å². The number of carboxylic acids is 1. The zero-order valence-electron chi connectivity index (χ0n) is 10.1. The van der Waals surface area contributed by atoms with Crippen LogP contribution >= 0.6 is 0 Å². The number of hydrogen-bond acceptors (Lipinski definition) is 2. The first-order valence-corrected chi connectivity index (χ1v) is 6.47. The standard InChI is InChI=1S/C14H16N2O2/c17-14(18)13-15-11-8-4-7-10(12(11)16-13)9-5-2-1-3-6-9/h4,7-9H,1-3,5-6H2,(H,15,16)(H,17,18). The van der Waals surface area contributed by atoms with Gasteiger partial charge in [-0.1, -0.05) is 31.4 Å². The van der Waals surface area contributed by atoms with Crippen LogP contribution in [-0.2, 0) is 0 Å². The van der Waals surface area contributed by atoms with Crippen LogP contribution in [0, 0.1) is 0 Å². The van der Waals surface area contributed by atoms with Gasteiger partial charge < -0.3 is 10.1 Å². The molecule has 1 fully saturated rings. The van der Waals surface area contributed by atoms with Crippen LogP contribution in [0.2, 0.25) is 0 Å². The van der Waals surface area contributed by atoms with Crippen molar-refractivity contribution in [2.75, 3.05) is 0 Å². The molecule has 0 atom stereocenters. The Morgan fingerprint density at radius 3 is 2.78 bits per heavy atom. The summed E-state index contributed by atoms with van der Waals surface area (Å²) >= 11 is 0. The summed E-state index contributed by atoms with van der Waals surface area (Å²) in [6.07, 6.45) is 6.23. The quantitative estimate of drug-likeness (QED) is 0.851. The van der Waals surface area contributed by atoms with E-state index in [0.29, 0.717) is 5.92 Å². The molecule has 1 heterocycles. The van der Waals surface area contributed by atoms with E-state index in [2.05, 4.69) is 16.0 Å². The smallest absolute Gasteiger partial charge is 0.371 e. The molecule has 94 valence electrons. The second kappa shape index (κ2) is 4.44. The Morgan fingerprint density at radius 1 is 1.28 bits per heavy atom. The predicted octanol–water partition coefficient (Wildman–Crippen LogP) is 3.31. The third kappa shape index (κ3) is 1.88. The maximum Gasteiger partial charge on any atom is 0.371 e. The maximum atomic E-state index is 11.0. The van der Waals surface area contributed by atoms with Gasteiger partial charge in [-0.15, -0.1) is 0 Å². The molecule has 1 aromatic heterocycles. The van der Waals surface area contributed by atoms with E-state index in [0.717, 1.165) is 11.0 Å². The summed E-state index contributed by atoms with van der Waals surface area (Å²) in [7, 11) is 0. The fourth-order valence-corrected chi connectivity index (χ4v) is 2.91. The van der Waals surface area contributed by atoms with Crippen LogP contribution in [0.15, 0.2) is 18.2 Å².